The van der Waals surface area contributed by atoms with Gasteiger partial charge in [-0.1, -0.05) is 60.7 Å². The number of carbonyl (C=O) groups excluding carboxylic acids is 1. The van der Waals surface area contributed by atoms with Crippen LogP contribution in [-0.4, -0.2) is 35.6 Å². The fraction of sp³-hybridized carbons (Fsp3) is 0.200. The molecule has 27 heavy (non-hydrogen) atoms. The number of benzene rings is 2. The molecular weight excluding hydrogens is 352 g/mol. The SMILES string of the molecule is CC(=O)C1=C(C(F)(F)F)N[B-](c2ccccc2)(c2ccccc2)[N+](C)=C1C. The van der Waals surface area contributed by atoms with Crippen LogP contribution < -0.4 is 16.2 Å². The number of alkyl halides is 3. The molecule has 3 rings (SSSR count). The molecule has 7 heteroatoms. The normalized spacial score (nSPS) is 17.0. The summed E-state index contributed by atoms with van der Waals surface area (Å²) in [5.41, 5.74) is 0.388. The molecule has 0 unspecified atom stereocenters. The van der Waals surface area contributed by atoms with Crippen LogP contribution in [0.15, 0.2) is 71.9 Å². The summed E-state index contributed by atoms with van der Waals surface area (Å²) >= 11 is 0. The molecule has 0 atom stereocenters. The lowest BCUT2D eigenvalue weighted by molar-refractivity contribution is -0.362. The first-order chi connectivity index (χ1) is 12.7. The second kappa shape index (κ2) is 6.72. The molecule has 140 valence electrons. The van der Waals surface area contributed by atoms with E-state index >= 15 is 0 Å². The standard InChI is InChI=1S/C20H20BF3N2O/c1-14-18(15(2)27)19(20(22,23)24)25-21(26(14)3,16-10-6-4-7-11-16)17-12-8-5-9-13-17/h4-13,25H,1-3H3. The third kappa shape index (κ3) is 3.07. The lowest BCUT2D eigenvalue weighted by Crippen LogP contribution is -2.78. The Morgan fingerprint density at radius 2 is 1.41 bits per heavy atom. The van der Waals surface area contributed by atoms with Crippen molar-refractivity contribution in [2.24, 2.45) is 0 Å². The molecule has 0 saturated carbocycles. The Morgan fingerprint density at radius 1 is 0.963 bits per heavy atom. The third-order valence-corrected chi connectivity index (χ3v) is 5.27. The molecule has 0 fully saturated rings. The minimum absolute atomic E-state index is 0.293. The Hall–Kier alpha value is -2.83. The minimum Gasteiger partial charge on any atom is -0.486 e. The first-order valence-corrected chi connectivity index (χ1v) is 8.64. The lowest BCUT2D eigenvalue weighted by Gasteiger charge is -2.44. The largest absolute Gasteiger partial charge is 0.486 e. The topological polar surface area (TPSA) is 32.1 Å². The first kappa shape index (κ1) is 19.0. The number of allylic oxidation sites excluding steroid dienone is 2. The predicted molar refractivity (Wildman–Crippen MR) is 102 cm³/mol. The summed E-state index contributed by atoms with van der Waals surface area (Å²) < 4.78 is 43.6. The summed E-state index contributed by atoms with van der Waals surface area (Å²) in [5.74, 6) is -0.621. The number of nitrogens with zero attached hydrogens (tertiary/aromatic N) is 1. The molecule has 0 amide bonds. The smallest absolute Gasteiger partial charge is 0.428 e. The highest BCUT2D eigenvalue weighted by atomic mass is 19.4. The number of Topliss-reactive ketones (excluding diaryl/α,β-unsaturated/α-hetero) is 1. The predicted octanol–water partition coefficient (Wildman–Crippen LogP) is 2.35. The van der Waals surface area contributed by atoms with E-state index in [0.717, 1.165) is 6.92 Å². The summed E-state index contributed by atoms with van der Waals surface area (Å²) in [5, 5.41) is 2.75. The van der Waals surface area contributed by atoms with Crippen molar-refractivity contribution in [3.05, 3.63) is 71.9 Å². The van der Waals surface area contributed by atoms with Gasteiger partial charge in [0.1, 0.15) is 11.3 Å². The number of carbonyl (C=O) groups is 1. The molecule has 0 spiro atoms. The third-order valence-electron chi connectivity index (χ3n) is 5.27. The van der Waals surface area contributed by atoms with Crippen molar-refractivity contribution in [1.82, 2.24) is 5.23 Å². The Balaban J connectivity index is 2.39. The molecule has 0 aliphatic carbocycles. The van der Waals surface area contributed by atoms with Crippen molar-refractivity contribution in [2.75, 3.05) is 7.05 Å². The minimum atomic E-state index is -4.68. The quantitative estimate of drug-likeness (QED) is 0.840. The fourth-order valence-corrected chi connectivity index (χ4v) is 3.95. The van der Waals surface area contributed by atoms with Crippen LogP contribution in [-0.2, 0) is 4.79 Å². The molecule has 1 aliphatic heterocycles. The molecule has 0 radical (unpaired) electrons. The highest BCUT2D eigenvalue weighted by Crippen LogP contribution is 2.31. The van der Waals surface area contributed by atoms with Crippen LogP contribution in [0.5, 0.6) is 0 Å². The van der Waals surface area contributed by atoms with Crippen molar-refractivity contribution in [3.63, 3.8) is 0 Å². The first-order valence-electron chi connectivity index (χ1n) is 8.64. The van der Waals surface area contributed by atoms with E-state index in [1.54, 1.807) is 67.0 Å². The van der Waals surface area contributed by atoms with Gasteiger partial charge in [-0.3, -0.25) is 4.79 Å². The second-order valence-corrected chi connectivity index (χ2v) is 6.79. The van der Waals surface area contributed by atoms with Crippen LogP contribution >= 0.6 is 0 Å². The van der Waals surface area contributed by atoms with Crippen LogP contribution in [0.4, 0.5) is 13.2 Å². The Labute approximate surface area is 156 Å². The second-order valence-electron chi connectivity index (χ2n) is 6.79. The van der Waals surface area contributed by atoms with Crippen molar-refractivity contribution in [1.29, 1.82) is 0 Å². The van der Waals surface area contributed by atoms with E-state index in [1.807, 2.05) is 12.1 Å². The van der Waals surface area contributed by atoms with Crippen LogP contribution in [0.1, 0.15) is 13.8 Å². The van der Waals surface area contributed by atoms with Gasteiger partial charge in [-0.2, -0.15) is 13.2 Å². The number of halogens is 3. The van der Waals surface area contributed by atoms with Gasteiger partial charge in [0, 0.05) is 6.92 Å². The monoisotopic (exact) mass is 372 g/mol. The van der Waals surface area contributed by atoms with Crippen LogP contribution in [0.25, 0.3) is 0 Å². The van der Waals surface area contributed by atoms with Gasteiger partial charge in [0.2, 0.25) is 0 Å². The highest BCUT2D eigenvalue weighted by Gasteiger charge is 2.51. The van der Waals surface area contributed by atoms with Crippen LogP contribution in [0.2, 0.25) is 0 Å². The Kier molecular flexibility index (Phi) is 4.72. The molecule has 2 aromatic rings. The van der Waals surface area contributed by atoms with Gasteiger partial charge in [0.15, 0.2) is 5.78 Å². The molecule has 0 bridgehead atoms. The van der Waals surface area contributed by atoms with E-state index in [0.29, 0.717) is 16.6 Å². The maximum absolute atomic E-state index is 13.9. The van der Waals surface area contributed by atoms with E-state index in [2.05, 4.69) is 5.23 Å². The number of rotatable bonds is 3. The summed E-state index contributed by atoms with van der Waals surface area (Å²) in [7, 11) is 1.72. The summed E-state index contributed by atoms with van der Waals surface area (Å²) in [6.45, 7) is 2.72. The Morgan fingerprint density at radius 3 is 1.78 bits per heavy atom. The molecule has 1 heterocycles. The molecular formula is C20H20BF3N2O. The number of hydrogen-bond acceptors (Lipinski definition) is 2. The maximum Gasteiger partial charge on any atom is 0.428 e. The van der Waals surface area contributed by atoms with Gasteiger partial charge in [0.25, 0.3) is 0 Å². The van der Waals surface area contributed by atoms with Crippen molar-refractivity contribution >= 4 is 28.8 Å². The van der Waals surface area contributed by atoms with Gasteiger partial charge in [0.05, 0.1) is 12.7 Å². The molecule has 3 nitrogen and oxygen atoms in total. The molecule has 0 aromatic heterocycles. The highest BCUT2D eigenvalue weighted by molar-refractivity contribution is 6.95. The summed E-state index contributed by atoms with van der Waals surface area (Å²) in [4.78, 5) is 12.1. The average molecular weight is 372 g/mol. The van der Waals surface area contributed by atoms with Crippen LogP contribution in [0.3, 0.4) is 0 Å². The van der Waals surface area contributed by atoms with E-state index < -0.39 is 24.1 Å². The average Bonchev–Trinajstić information content (AvgIpc) is 2.64. The molecule has 2 aromatic carbocycles. The zero-order valence-corrected chi connectivity index (χ0v) is 15.3. The van der Waals surface area contributed by atoms with E-state index in [1.165, 1.54) is 0 Å². The summed E-state index contributed by atoms with van der Waals surface area (Å²) in [6.07, 6.45) is -6.85. The van der Waals surface area contributed by atoms with E-state index in [-0.39, 0.29) is 5.57 Å². The van der Waals surface area contributed by atoms with E-state index in [9.17, 15) is 18.0 Å². The zero-order valence-electron chi connectivity index (χ0n) is 15.3. The zero-order chi connectivity index (χ0) is 19.8. The van der Waals surface area contributed by atoms with Gasteiger partial charge in [-0.25, -0.2) is 0 Å². The number of hydrogen-bond donors (Lipinski definition) is 1. The van der Waals surface area contributed by atoms with Gasteiger partial charge < -0.3 is 9.71 Å². The van der Waals surface area contributed by atoms with Gasteiger partial charge in [-0.15, -0.1) is 10.9 Å². The number of nitrogens with one attached hydrogen (secondary N) is 1. The van der Waals surface area contributed by atoms with Crippen LogP contribution in [0, 0.1) is 0 Å². The summed E-state index contributed by atoms with van der Waals surface area (Å²) in [6, 6.07) is 18.0. The van der Waals surface area contributed by atoms with Crippen molar-refractivity contribution in [3.8, 4) is 0 Å². The fourth-order valence-electron chi connectivity index (χ4n) is 3.95. The van der Waals surface area contributed by atoms with Gasteiger partial charge in [-0.05, 0) is 6.92 Å². The molecule has 0 saturated heterocycles. The van der Waals surface area contributed by atoms with Gasteiger partial charge >= 0.3 is 12.6 Å². The molecule has 1 N–H and O–H groups in total. The maximum atomic E-state index is 13.9. The van der Waals surface area contributed by atoms with E-state index in [4.69, 9.17) is 0 Å². The Bertz CT molecular complexity index is 895. The van der Waals surface area contributed by atoms with Crippen molar-refractivity contribution < 1.29 is 22.5 Å². The van der Waals surface area contributed by atoms with Crippen molar-refractivity contribution in [2.45, 2.75) is 20.0 Å². The number of ketones is 1. The lowest BCUT2D eigenvalue weighted by atomic mass is 9.36. The molecule has 1 aliphatic rings.